The van der Waals surface area contributed by atoms with Crippen LogP contribution in [0.15, 0.2) is 41.4 Å². The molecule has 2 rings (SSSR count). The molecule has 0 spiro atoms. The second-order valence-electron chi connectivity index (χ2n) is 6.24. The van der Waals surface area contributed by atoms with Crippen molar-refractivity contribution >= 4 is 22.1 Å². The Morgan fingerprint density at radius 3 is 2.46 bits per heavy atom. The molecule has 0 aromatic heterocycles. The number of hydrogen-bond donors (Lipinski definition) is 2. The Balaban J connectivity index is 1.70. The first-order chi connectivity index (χ1) is 12.5. The van der Waals surface area contributed by atoms with Gasteiger partial charge in [0.2, 0.25) is 10.0 Å². The maximum atomic E-state index is 11.1. The molecule has 7 nitrogen and oxygen atoms in total. The van der Waals surface area contributed by atoms with Gasteiger partial charge in [-0.15, -0.1) is 0 Å². The van der Waals surface area contributed by atoms with Crippen molar-refractivity contribution in [2.75, 3.05) is 59.1 Å². The standard InChI is InChI=1S/C18H29N5O2S/c1-19-18(20-10-11-21-26(2,24)25)23-15-13-22(14-16-23)12-6-9-17-7-4-3-5-8-17/h3-9,21H,10-16H2,1-2H3,(H,19,20)/b9-6+. The molecule has 0 bridgehead atoms. The minimum atomic E-state index is -3.15. The number of nitrogens with zero attached hydrogens (tertiary/aromatic N) is 3. The molecule has 1 saturated heterocycles. The van der Waals surface area contributed by atoms with E-state index in [9.17, 15) is 8.42 Å². The van der Waals surface area contributed by atoms with Crippen LogP contribution in [0.5, 0.6) is 0 Å². The van der Waals surface area contributed by atoms with E-state index in [1.54, 1.807) is 7.05 Å². The zero-order valence-corrected chi connectivity index (χ0v) is 16.4. The lowest BCUT2D eigenvalue weighted by atomic mass is 10.2. The van der Waals surface area contributed by atoms with Crippen LogP contribution in [0.2, 0.25) is 0 Å². The lowest BCUT2D eigenvalue weighted by Crippen LogP contribution is -2.53. The summed E-state index contributed by atoms with van der Waals surface area (Å²) in [5, 5.41) is 3.21. The van der Waals surface area contributed by atoms with E-state index in [0.717, 1.165) is 44.9 Å². The Kier molecular flexibility index (Phi) is 8.08. The van der Waals surface area contributed by atoms with Crippen LogP contribution in [0.4, 0.5) is 0 Å². The quantitative estimate of drug-likeness (QED) is 0.408. The van der Waals surface area contributed by atoms with Crippen molar-refractivity contribution in [2.45, 2.75) is 0 Å². The van der Waals surface area contributed by atoms with Gasteiger partial charge in [0.15, 0.2) is 5.96 Å². The number of guanidine groups is 1. The average Bonchev–Trinajstić information content (AvgIpc) is 2.63. The van der Waals surface area contributed by atoms with E-state index in [1.165, 1.54) is 5.56 Å². The van der Waals surface area contributed by atoms with Crippen molar-refractivity contribution in [2.24, 2.45) is 4.99 Å². The molecule has 0 radical (unpaired) electrons. The fourth-order valence-electron chi connectivity index (χ4n) is 2.79. The predicted molar refractivity (Wildman–Crippen MR) is 108 cm³/mol. The van der Waals surface area contributed by atoms with Gasteiger partial charge in [0.05, 0.1) is 6.26 Å². The first-order valence-electron chi connectivity index (χ1n) is 8.82. The van der Waals surface area contributed by atoms with Crippen molar-refractivity contribution in [3.63, 3.8) is 0 Å². The van der Waals surface area contributed by atoms with Crippen LogP contribution < -0.4 is 10.0 Å². The van der Waals surface area contributed by atoms with Gasteiger partial charge in [-0.05, 0) is 5.56 Å². The molecule has 144 valence electrons. The van der Waals surface area contributed by atoms with E-state index >= 15 is 0 Å². The molecular formula is C18H29N5O2S. The van der Waals surface area contributed by atoms with E-state index in [0.29, 0.717) is 13.1 Å². The number of sulfonamides is 1. The minimum Gasteiger partial charge on any atom is -0.355 e. The molecule has 0 amide bonds. The lowest BCUT2D eigenvalue weighted by molar-refractivity contribution is 0.194. The van der Waals surface area contributed by atoms with Gasteiger partial charge in [0, 0.05) is 52.9 Å². The Labute approximate surface area is 156 Å². The molecular weight excluding hydrogens is 350 g/mol. The molecule has 0 saturated carbocycles. The van der Waals surface area contributed by atoms with Crippen LogP contribution in [-0.2, 0) is 10.0 Å². The van der Waals surface area contributed by atoms with Gasteiger partial charge in [0.1, 0.15) is 0 Å². The molecule has 2 N–H and O–H groups in total. The first-order valence-corrected chi connectivity index (χ1v) is 10.7. The largest absolute Gasteiger partial charge is 0.355 e. The van der Waals surface area contributed by atoms with Crippen molar-refractivity contribution in [1.82, 2.24) is 19.8 Å². The van der Waals surface area contributed by atoms with Gasteiger partial charge >= 0.3 is 0 Å². The summed E-state index contributed by atoms with van der Waals surface area (Å²) in [7, 11) is -1.40. The smallest absolute Gasteiger partial charge is 0.208 e. The lowest BCUT2D eigenvalue weighted by Gasteiger charge is -2.36. The molecule has 1 heterocycles. The van der Waals surface area contributed by atoms with Crippen LogP contribution in [-0.4, -0.2) is 83.3 Å². The third kappa shape index (κ3) is 7.55. The summed E-state index contributed by atoms with van der Waals surface area (Å²) in [6, 6.07) is 10.3. The number of nitrogens with one attached hydrogen (secondary N) is 2. The zero-order valence-electron chi connectivity index (χ0n) is 15.6. The van der Waals surface area contributed by atoms with Crippen LogP contribution in [0.3, 0.4) is 0 Å². The second kappa shape index (κ2) is 10.3. The minimum absolute atomic E-state index is 0.349. The van der Waals surface area contributed by atoms with Gasteiger partial charge in [-0.1, -0.05) is 42.5 Å². The third-order valence-electron chi connectivity index (χ3n) is 4.13. The normalized spacial score (nSPS) is 17.0. The maximum absolute atomic E-state index is 11.1. The molecule has 1 aromatic rings. The summed E-state index contributed by atoms with van der Waals surface area (Å²) < 4.78 is 24.6. The summed E-state index contributed by atoms with van der Waals surface area (Å²) >= 11 is 0. The van der Waals surface area contributed by atoms with Crippen molar-refractivity contribution in [3.8, 4) is 0 Å². The van der Waals surface area contributed by atoms with E-state index in [-0.39, 0.29) is 0 Å². The summed E-state index contributed by atoms with van der Waals surface area (Å²) in [5.41, 5.74) is 1.22. The molecule has 1 aromatic carbocycles. The number of benzene rings is 1. The van der Waals surface area contributed by atoms with Gasteiger partial charge in [-0.2, -0.15) is 0 Å². The highest BCUT2D eigenvalue weighted by molar-refractivity contribution is 7.88. The highest BCUT2D eigenvalue weighted by Gasteiger charge is 2.18. The molecule has 8 heteroatoms. The highest BCUT2D eigenvalue weighted by Crippen LogP contribution is 2.05. The highest BCUT2D eigenvalue weighted by atomic mass is 32.2. The van der Waals surface area contributed by atoms with Gasteiger partial charge in [-0.3, -0.25) is 9.89 Å². The van der Waals surface area contributed by atoms with Crippen molar-refractivity contribution < 1.29 is 8.42 Å². The number of piperazine rings is 1. The molecule has 0 atom stereocenters. The Bertz CT molecular complexity index is 696. The molecule has 0 aliphatic carbocycles. The van der Waals surface area contributed by atoms with Gasteiger partial charge in [0.25, 0.3) is 0 Å². The maximum Gasteiger partial charge on any atom is 0.208 e. The molecule has 1 fully saturated rings. The average molecular weight is 380 g/mol. The molecule has 26 heavy (non-hydrogen) atoms. The van der Waals surface area contributed by atoms with Gasteiger partial charge < -0.3 is 10.2 Å². The van der Waals surface area contributed by atoms with E-state index in [1.807, 2.05) is 18.2 Å². The molecule has 1 aliphatic heterocycles. The predicted octanol–water partition coefficient (Wildman–Crippen LogP) is 0.442. The third-order valence-corrected chi connectivity index (χ3v) is 4.86. The fraction of sp³-hybridized carbons (Fsp3) is 0.500. The molecule has 0 unspecified atom stereocenters. The van der Waals surface area contributed by atoms with Crippen LogP contribution >= 0.6 is 0 Å². The number of aliphatic imine (C=N–C) groups is 1. The number of rotatable bonds is 7. The zero-order chi connectivity index (χ0) is 18.8. The van der Waals surface area contributed by atoms with Crippen LogP contribution in [0.25, 0.3) is 6.08 Å². The monoisotopic (exact) mass is 379 g/mol. The second-order valence-corrected chi connectivity index (χ2v) is 8.07. The Hall–Kier alpha value is -1.90. The summed E-state index contributed by atoms with van der Waals surface area (Å²) in [6.45, 7) is 5.55. The number of hydrogen-bond acceptors (Lipinski definition) is 4. The summed E-state index contributed by atoms with van der Waals surface area (Å²) in [6.07, 6.45) is 5.52. The molecule has 1 aliphatic rings. The van der Waals surface area contributed by atoms with E-state index in [2.05, 4.69) is 49.1 Å². The summed E-state index contributed by atoms with van der Waals surface area (Å²) in [4.78, 5) is 8.91. The topological polar surface area (TPSA) is 77.0 Å². The van der Waals surface area contributed by atoms with Crippen LogP contribution in [0, 0.1) is 0 Å². The fourth-order valence-corrected chi connectivity index (χ4v) is 3.26. The van der Waals surface area contributed by atoms with Gasteiger partial charge in [-0.25, -0.2) is 13.1 Å². The Morgan fingerprint density at radius 2 is 1.85 bits per heavy atom. The van der Waals surface area contributed by atoms with Crippen molar-refractivity contribution in [1.29, 1.82) is 0 Å². The van der Waals surface area contributed by atoms with Crippen molar-refractivity contribution in [3.05, 3.63) is 42.0 Å². The SMILES string of the molecule is CN=C(NCCNS(C)(=O)=O)N1CCN(C/C=C/c2ccccc2)CC1. The summed E-state index contributed by atoms with van der Waals surface area (Å²) in [5.74, 6) is 0.819. The van der Waals surface area contributed by atoms with Crippen LogP contribution in [0.1, 0.15) is 5.56 Å². The first kappa shape index (κ1) is 20.4. The van der Waals surface area contributed by atoms with E-state index in [4.69, 9.17) is 0 Å². The Morgan fingerprint density at radius 1 is 1.15 bits per heavy atom. The van der Waals surface area contributed by atoms with E-state index < -0.39 is 10.0 Å².